The molecular weight excluding hydrogens is 298 g/mol. The van der Waals surface area contributed by atoms with Crippen molar-refractivity contribution in [2.75, 3.05) is 52.1 Å². The highest BCUT2D eigenvalue weighted by atomic mass is 32.2. The summed E-state index contributed by atoms with van der Waals surface area (Å²) in [5, 5.41) is 8.78. The van der Waals surface area contributed by atoms with Crippen LogP contribution in [-0.4, -0.2) is 91.6 Å². The average Bonchev–Trinajstić information content (AvgIpc) is 2.37. The Kier molecular flexibility index (Phi) is 6.31. The van der Waals surface area contributed by atoms with Gasteiger partial charge >= 0.3 is 5.97 Å². The molecule has 1 aliphatic heterocycles. The summed E-state index contributed by atoms with van der Waals surface area (Å²) in [7, 11) is -3.23. The molecule has 0 bridgehead atoms. The van der Waals surface area contributed by atoms with Crippen LogP contribution in [-0.2, 0) is 19.6 Å². The Labute approximate surface area is 124 Å². The van der Waals surface area contributed by atoms with Gasteiger partial charge in [0.15, 0.2) is 0 Å². The summed E-state index contributed by atoms with van der Waals surface area (Å²) in [6.07, 6.45) is 2.68. The minimum Gasteiger partial charge on any atom is -0.480 e. The van der Waals surface area contributed by atoms with E-state index in [2.05, 4.69) is 6.58 Å². The molecule has 0 radical (unpaired) electrons. The van der Waals surface area contributed by atoms with Gasteiger partial charge in [-0.15, -0.1) is 6.58 Å². The van der Waals surface area contributed by atoms with E-state index in [9.17, 15) is 18.0 Å². The molecule has 0 aliphatic carbocycles. The number of hydrogen-bond donors (Lipinski definition) is 1. The van der Waals surface area contributed by atoms with Crippen molar-refractivity contribution < 1.29 is 23.1 Å². The molecule has 0 aromatic carbocycles. The van der Waals surface area contributed by atoms with E-state index in [1.54, 1.807) is 4.90 Å². The molecule has 9 heteroatoms. The van der Waals surface area contributed by atoms with Gasteiger partial charge in [0.2, 0.25) is 15.9 Å². The molecule has 0 unspecified atom stereocenters. The van der Waals surface area contributed by atoms with Crippen molar-refractivity contribution in [3.63, 3.8) is 0 Å². The second-order valence-corrected chi connectivity index (χ2v) is 6.88. The number of carbonyl (C=O) groups excluding carboxylic acids is 1. The van der Waals surface area contributed by atoms with Crippen LogP contribution in [0.4, 0.5) is 0 Å². The minimum absolute atomic E-state index is 0.0167. The van der Waals surface area contributed by atoms with Gasteiger partial charge in [-0.2, -0.15) is 4.31 Å². The van der Waals surface area contributed by atoms with E-state index in [1.807, 2.05) is 0 Å². The van der Waals surface area contributed by atoms with Crippen molar-refractivity contribution >= 4 is 21.9 Å². The van der Waals surface area contributed by atoms with Crippen LogP contribution in [0.1, 0.15) is 0 Å². The van der Waals surface area contributed by atoms with Gasteiger partial charge in [-0.25, -0.2) is 8.42 Å². The van der Waals surface area contributed by atoms with Gasteiger partial charge in [0.25, 0.3) is 0 Å². The van der Waals surface area contributed by atoms with E-state index in [1.165, 1.54) is 15.3 Å². The van der Waals surface area contributed by atoms with E-state index < -0.39 is 16.0 Å². The van der Waals surface area contributed by atoms with Crippen LogP contribution in [0.25, 0.3) is 0 Å². The number of piperazine rings is 1. The molecule has 1 aliphatic rings. The largest absolute Gasteiger partial charge is 0.480 e. The van der Waals surface area contributed by atoms with Crippen LogP contribution < -0.4 is 0 Å². The molecule has 8 nitrogen and oxygen atoms in total. The topological polar surface area (TPSA) is 98.2 Å². The molecule has 1 rings (SSSR count). The van der Waals surface area contributed by atoms with Gasteiger partial charge in [0.05, 0.1) is 19.3 Å². The molecule has 0 saturated carbocycles. The van der Waals surface area contributed by atoms with Gasteiger partial charge < -0.3 is 10.0 Å². The SMILES string of the molecule is C=CCN(CC(=O)O)CC(=O)N1CCN(S(C)(=O)=O)CC1. The molecule has 1 saturated heterocycles. The van der Waals surface area contributed by atoms with Crippen LogP contribution in [0.2, 0.25) is 0 Å². The molecule has 21 heavy (non-hydrogen) atoms. The number of carboxylic acid groups (broad SMARTS) is 1. The summed E-state index contributed by atoms with van der Waals surface area (Å²) in [6, 6.07) is 0. The number of carbonyl (C=O) groups is 2. The molecule has 1 amide bonds. The Balaban J connectivity index is 2.52. The lowest BCUT2D eigenvalue weighted by atomic mass is 10.3. The minimum atomic E-state index is -3.23. The fraction of sp³-hybridized carbons (Fsp3) is 0.667. The molecule has 1 heterocycles. The van der Waals surface area contributed by atoms with Crippen LogP contribution in [0, 0.1) is 0 Å². The maximum Gasteiger partial charge on any atom is 0.317 e. The normalized spacial score (nSPS) is 17.0. The lowest BCUT2D eigenvalue weighted by molar-refractivity contribution is -0.139. The fourth-order valence-corrected chi connectivity index (χ4v) is 2.95. The highest BCUT2D eigenvalue weighted by Gasteiger charge is 2.26. The Morgan fingerprint density at radius 2 is 1.81 bits per heavy atom. The van der Waals surface area contributed by atoms with Gasteiger partial charge in [-0.1, -0.05) is 6.08 Å². The number of nitrogens with zero attached hydrogens (tertiary/aromatic N) is 3. The number of amides is 1. The summed E-state index contributed by atoms with van der Waals surface area (Å²) in [6.45, 7) is 4.77. The van der Waals surface area contributed by atoms with Gasteiger partial charge in [0, 0.05) is 32.7 Å². The zero-order valence-corrected chi connectivity index (χ0v) is 12.9. The van der Waals surface area contributed by atoms with Crippen LogP contribution in [0.5, 0.6) is 0 Å². The Morgan fingerprint density at radius 3 is 2.24 bits per heavy atom. The maximum absolute atomic E-state index is 12.1. The third-order valence-corrected chi connectivity index (χ3v) is 4.47. The number of hydrogen-bond acceptors (Lipinski definition) is 5. The first kappa shape index (κ1) is 17.6. The molecule has 0 spiro atoms. The quantitative estimate of drug-likeness (QED) is 0.583. The lowest BCUT2D eigenvalue weighted by Gasteiger charge is -2.34. The standard InChI is InChI=1S/C12H21N3O5S/c1-3-4-13(10-12(17)18)9-11(16)14-5-7-15(8-6-14)21(2,19)20/h3H,1,4-10H2,2H3,(H,17,18). The third-order valence-electron chi connectivity index (χ3n) is 3.17. The Morgan fingerprint density at radius 1 is 1.24 bits per heavy atom. The summed E-state index contributed by atoms with van der Waals surface area (Å²) < 4.78 is 24.1. The summed E-state index contributed by atoms with van der Waals surface area (Å²) in [4.78, 5) is 25.9. The van der Waals surface area contributed by atoms with Crippen molar-refractivity contribution in [3.05, 3.63) is 12.7 Å². The van der Waals surface area contributed by atoms with Crippen molar-refractivity contribution in [3.8, 4) is 0 Å². The molecule has 0 aromatic rings. The predicted molar refractivity (Wildman–Crippen MR) is 77.3 cm³/mol. The summed E-state index contributed by atoms with van der Waals surface area (Å²) in [5.74, 6) is -1.21. The number of carboxylic acids is 1. The second kappa shape index (κ2) is 7.53. The number of aliphatic carboxylic acids is 1. The smallest absolute Gasteiger partial charge is 0.317 e. The second-order valence-electron chi connectivity index (χ2n) is 4.89. The first-order valence-corrected chi connectivity index (χ1v) is 8.37. The highest BCUT2D eigenvalue weighted by molar-refractivity contribution is 7.88. The predicted octanol–water partition coefficient (Wildman–Crippen LogP) is -1.34. The Bertz CT molecular complexity index is 497. The van der Waals surface area contributed by atoms with E-state index in [4.69, 9.17) is 5.11 Å². The molecule has 1 fully saturated rings. The van der Waals surface area contributed by atoms with Crippen molar-refractivity contribution in [2.24, 2.45) is 0 Å². The first-order valence-electron chi connectivity index (χ1n) is 6.52. The molecule has 1 N–H and O–H groups in total. The van der Waals surface area contributed by atoms with Crippen LogP contribution in [0.3, 0.4) is 0 Å². The summed E-state index contributed by atoms with van der Waals surface area (Å²) >= 11 is 0. The van der Waals surface area contributed by atoms with Gasteiger partial charge in [-0.05, 0) is 0 Å². The van der Waals surface area contributed by atoms with Crippen molar-refractivity contribution in [2.45, 2.75) is 0 Å². The summed E-state index contributed by atoms with van der Waals surface area (Å²) in [5.41, 5.74) is 0. The van der Waals surface area contributed by atoms with E-state index >= 15 is 0 Å². The van der Waals surface area contributed by atoms with E-state index in [0.717, 1.165) is 6.26 Å². The zero-order chi connectivity index (χ0) is 16.0. The molecule has 120 valence electrons. The highest BCUT2D eigenvalue weighted by Crippen LogP contribution is 2.06. The molecule has 0 atom stereocenters. The van der Waals surface area contributed by atoms with Crippen molar-refractivity contribution in [1.29, 1.82) is 0 Å². The number of sulfonamides is 1. The third kappa shape index (κ3) is 5.82. The van der Waals surface area contributed by atoms with Crippen molar-refractivity contribution in [1.82, 2.24) is 14.1 Å². The van der Waals surface area contributed by atoms with Crippen LogP contribution in [0.15, 0.2) is 12.7 Å². The fourth-order valence-electron chi connectivity index (χ4n) is 2.12. The van der Waals surface area contributed by atoms with Gasteiger partial charge in [0.1, 0.15) is 0 Å². The van der Waals surface area contributed by atoms with Gasteiger partial charge in [-0.3, -0.25) is 14.5 Å². The lowest BCUT2D eigenvalue weighted by Crippen LogP contribution is -2.52. The molecular formula is C12H21N3O5S. The van der Waals surface area contributed by atoms with E-state index in [-0.39, 0.29) is 32.1 Å². The zero-order valence-electron chi connectivity index (χ0n) is 12.1. The Hall–Kier alpha value is -1.45. The van der Waals surface area contributed by atoms with Crippen LogP contribution >= 0.6 is 0 Å². The molecule has 0 aromatic heterocycles. The van der Waals surface area contributed by atoms with E-state index in [0.29, 0.717) is 19.6 Å². The number of rotatable bonds is 7. The maximum atomic E-state index is 12.1. The monoisotopic (exact) mass is 319 g/mol. The average molecular weight is 319 g/mol. The first-order chi connectivity index (χ1) is 9.74.